The van der Waals surface area contributed by atoms with Gasteiger partial charge in [-0.15, -0.1) is 0 Å². The molecule has 2 heterocycles. The fourth-order valence-corrected chi connectivity index (χ4v) is 2.81. The summed E-state index contributed by atoms with van der Waals surface area (Å²) in [6, 6.07) is 6.82. The lowest BCUT2D eigenvalue weighted by Gasteiger charge is -2.35. The van der Waals surface area contributed by atoms with E-state index < -0.39 is 17.6 Å². The molecule has 0 fully saturated rings. The number of hydrogen-bond acceptors (Lipinski definition) is 6. The minimum absolute atomic E-state index is 0.0845. The molecule has 1 aromatic carbocycles. The SMILES string of the molecule is Cc1cc(Nc2nccc(C(F)F)n2)cc(-c2cnn(C[C@@](C)(O)C(C)(C)O)c2)c1. The normalized spacial score (nSPS) is 14.0. The summed E-state index contributed by atoms with van der Waals surface area (Å²) in [4.78, 5) is 7.82. The second kappa shape index (κ2) is 8.08. The summed E-state index contributed by atoms with van der Waals surface area (Å²) >= 11 is 0. The van der Waals surface area contributed by atoms with Gasteiger partial charge in [0.15, 0.2) is 0 Å². The Bertz CT molecular complexity index is 1030. The molecule has 0 amide bonds. The maximum Gasteiger partial charge on any atom is 0.280 e. The summed E-state index contributed by atoms with van der Waals surface area (Å²) in [5.41, 5.74) is 0.214. The fourth-order valence-electron chi connectivity index (χ4n) is 2.81. The number of rotatable bonds is 7. The van der Waals surface area contributed by atoms with E-state index in [9.17, 15) is 19.0 Å². The second-order valence-electron chi connectivity index (χ2n) is 8.08. The number of aromatic nitrogens is 4. The van der Waals surface area contributed by atoms with Crippen LogP contribution in [0.3, 0.4) is 0 Å². The van der Waals surface area contributed by atoms with E-state index in [1.807, 2.05) is 25.1 Å². The van der Waals surface area contributed by atoms with Gasteiger partial charge < -0.3 is 15.5 Å². The van der Waals surface area contributed by atoms with Crippen LogP contribution in [0.2, 0.25) is 0 Å². The molecule has 0 bridgehead atoms. The van der Waals surface area contributed by atoms with Gasteiger partial charge in [0.25, 0.3) is 6.43 Å². The molecule has 0 saturated heterocycles. The molecule has 0 aliphatic heterocycles. The largest absolute Gasteiger partial charge is 0.387 e. The van der Waals surface area contributed by atoms with Crippen LogP contribution in [0.25, 0.3) is 11.1 Å². The summed E-state index contributed by atoms with van der Waals surface area (Å²) in [5.74, 6) is 0.0845. The molecule has 3 rings (SSSR count). The maximum atomic E-state index is 12.9. The van der Waals surface area contributed by atoms with Crippen LogP contribution in [0.1, 0.15) is 38.5 Å². The van der Waals surface area contributed by atoms with Gasteiger partial charge in [-0.2, -0.15) is 5.10 Å². The van der Waals surface area contributed by atoms with E-state index in [1.54, 1.807) is 37.8 Å². The first-order valence-corrected chi connectivity index (χ1v) is 9.42. The monoisotopic (exact) mass is 417 g/mol. The molecule has 3 N–H and O–H groups in total. The van der Waals surface area contributed by atoms with E-state index in [0.717, 1.165) is 16.7 Å². The number of nitrogens with one attached hydrogen (secondary N) is 1. The first-order chi connectivity index (χ1) is 13.9. The van der Waals surface area contributed by atoms with Crippen molar-refractivity contribution in [1.82, 2.24) is 19.7 Å². The number of aliphatic hydroxyl groups is 2. The van der Waals surface area contributed by atoms with Crippen molar-refractivity contribution in [2.45, 2.75) is 51.9 Å². The second-order valence-corrected chi connectivity index (χ2v) is 8.08. The molecular weight excluding hydrogens is 392 g/mol. The molecule has 0 spiro atoms. The Morgan fingerprint density at radius 1 is 1.13 bits per heavy atom. The van der Waals surface area contributed by atoms with Crippen molar-refractivity contribution in [3.8, 4) is 11.1 Å². The average molecular weight is 417 g/mol. The van der Waals surface area contributed by atoms with Crippen LogP contribution in [0.15, 0.2) is 42.9 Å². The smallest absolute Gasteiger partial charge is 0.280 e. The Hall–Kier alpha value is -2.91. The predicted octanol–water partition coefficient (Wildman–Crippen LogP) is 3.85. The molecule has 3 aromatic rings. The van der Waals surface area contributed by atoms with Crippen LogP contribution >= 0.6 is 0 Å². The van der Waals surface area contributed by atoms with Crippen molar-refractivity contribution >= 4 is 11.6 Å². The number of anilines is 2. The van der Waals surface area contributed by atoms with Gasteiger partial charge in [0.2, 0.25) is 5.95 Å². The first-order valence-electron chi connectivity index (χ1n) is 9.42. The number of benzene rings is 1. The lowest BCUT2D eigenvalue weighted by molar-refractivity contribution is -0.129. The third kappa shape index (κ3) is 4.98. The van der Waals surface area contributed by atoms with E-state index in [-0.39, 0.29) is 18.2 Å². The zero-order valence-electron chi connectivity index (χ0n) is 17.3. The highest BCUT2D eigenvalue weighted by Gasteiger charge is 2.38. The highest BCUT2D eigenvalue weighted by Crippen LogP contribution is 2.28. The van der Waals surface area contributed by atoms with E-state index in [4.69, 9.17) is 0 Å². The highest BCUT2D eigenvalue weighted by atomic mass is 19.3. The zero-order valence-corrected chi connectivity index (χ0v) is 17.3. The van der Waals surface area contributed by atoms with Crippen LogP contribution in [-0.2, 0) is 6.54 Å². The molecule has 9 heteroatoms. The van der Waals surface area contributed by atoms with Gasteiger partial charge in [-0.1, -0.05) is 6.07 Å². The minimum atomic E-state index is -2.67. The first kappa shape index (κ1) is 21.8. The van der Waals surface area contributed by atoms with Gasteiger partial charge in [0, 0.05) is 23.6 Å². The van der Waals surface area contributed by atoms with Crippen molar-refractivity contribution in [1.29, 1.82) is 0 Å². The van der Waals surface area contributed by atoms with Crippen LogP contribution < -0.4 is 5.32 Å². The number of hydrogen-bond donors (Lipinski definition) is 3. The zero-order chi connectivity index (χ0) is 22.1. The molecule has 30 heavy (non-hydrogen) atoms. The van der Waals surface area contributed by atoms with E-state index >= 15 is 0 Å². The summed E-state index contributed by atoms with van der Waals surface area (Å²) in [7, 11) is 0. The van der Waals surface area contributed by atoms with Crippen LogP contribution in [0.5, 0.6) is 0 Å². The van der Waals surface area contributed by atoms with Gasteiger partial charge >= 0.3 is 0 Å². The van der Waals surface area contributed by atoms with Crippen LogP contribution in [0, 0.1) is 6.92 Å². The molecule has 0 saturated carbocycles. The number of alkyl halides is 2. The van der Waals surface area contributed by atoms with Crippen LogP contribution in [-0.4, -0.2) is 41.2 Å². The number of aryl methyl sites for hydroxylation is 1. The van der Waals surface area contributed by atoms with Gasteiger partial charge in [-0.05, 0) is 57.0 Å². The van der Waals surface area contributed by atoms with Gasteiger partial charge in [-0.25, -0.2) is 18.7 Å². The summed E-state index contributed by atoms with van der Waals surface area (Å²) in [6.07, 6.45) is 2.04. The van der Waals surface area contributed by atoms with Crippen molar-refractivity contribution in [3.63, 3.8) is 0 Å². The fraction of sp³-hybridized carbons (Fsp3) is 0.381. The molecule has 7 nitrogen and oxygen atoms in total. The lowest BCUT2D eigenvalue weighted by Crippen LogP contribution is -2.50. The van der Waals surface area contributed by atoms with Gasteiger partial charge in [0.05, 0.1) is 18.3 Å². The average Bonchev–Trinajstić information content (AvgIpc) is 3.08. The Labute approximate surface area is 173 Å². The molecule has 0 aliphatic carbocycles. The number of nitrogens with zero attached hydrogens (tertiary/aromatic N) is 4. The molecular formula is C21H25F2N5O2. The molecule has 0 radical (unpaired) electrons. The summed E-state index contributed by atoms with van der Waals surface area (Å²) in [6.45, 7) is 6.66. The van der Waals surface area contributed by atoms with E-state index in [2.05, 4.69) is 20.4 Å². The van der Waals surface area contributed by atoms with Crippen molar-refractivity contribution in [2.75, 3.05) is 5.32 Å². The quantitative estimate of drug-likeness (QED) is 0.540. The molecule has 0 unspecified atom stereocenters. The van der Waals surface area contributed by atoms with Crippen molar-refractivity contribution in [2.24, 2.45) is 0 Å². The Morgan fingerprint density at radius 3 is 2.53 bits per heavy atom. The van der Waals surface area contributed by atoms with Gasteiger partial charge in [0.1, 0.15) is 11.3 Å². The van der Waals surface area contributed by atoms with Crippen molar-refractivity contribution < 1.29 is 19.0 Å². The third-order valence-electron chi connectivity index (χ3n) is 4.99. The molecule has 0 aliphatic rings. The minimum Gasteiger partial charge on any atom is -0.387 e. The van der Waals surface area contributed by atoms with Gasteiger partial charge in [-0.3, -0.25) is 4.68 Å². The standard InChI is InChI=1S/C21H25F2N5O2/c1-13-7-14(15-10-25-28(11-15)12-21(4,30)20(2,3)29)9-16(8-13)26-19-24-6-5-17(27-19)18(22)23/h5-11,18,29-30H,12H2,1-4H3,(H,24,26,27)/t21-/m1/s1. The highest BCUT2D eigenvalue weighted by molar-refractivity contribution is 5.70. The molecule has 1 atom stereocenters. The molecule has 2 aromatic heterocycles. The maximum absolute atomic E-state index is 12.9. The Balaban J connectivity index is 1.84. The topological polar surface area (TPSA) is 96.1 Å². The lowest BCUT2D eigenvalue weighted by atomic mass is 9.88. The predicted molar refractivity (Wildman–Crippen MR) is 110 cm³/mol. The van der Waals surface area contributed by atoms with Crippen molar-refractivity contribution in [3.05, 3.63) is 54.1 Å². The summed E-state index contributed by atoms with van der Waals surface area (Å²) < 4.78 is 27.3. The van der Waals surface area contributed by atoms with E-state index in [1.165, 1.54) is 12.3 Å². The third-order valence-corrected chi connectivity index (χ3v) is 4.99. The van der Waals surface area contributed by atoms with E-state index in [0.29, 0.717) is 5.69 Å². The summed E-state index contributed by atoms with van der Waals surface area (Å²) in [5, 5.41) is 27.9. The number of halogens is 2. The van der Waals surface area contributed by atoms with Crippen LogP contribution in [0.4, 0.5) is 20.4 Å². The molecule has 160 valence electrons. The Kier molecular flexibility index (Phi) is 5.87. The Morgan fingerprint density at radius 2 is 1.87 bits per heavy atom.